The van der Waals surface area contributed by atoms with E-state index in [2.05, 4.69) is 9.97 Å². The van der Waals surface area contributed by atoms with Gasteiger partial charge in [0.25, 0.3) is 0 Å². The Labute approximate surface area is 88.5 Å². The number of rotatable bonds is 0. The lowest BCUT2D eigenvalue weighted by atomic mass is 10.1. The molecule has 0 aliphatic carbocycles. The van der Waals surface area contributed by atoms with E-state index in [0.29, 0.717) is 21.3 Å². The summed E-state index contributed by atoms with van der Waals surface area (Å²) >= 11 is 5.92. The minimum absolute atomic E-state index is 0.136. The molecule has 15 heavy (non-hydrogen) atoms. The van der Waals surface area contributed by atoms with Gasteiger partial charge < -0.3 is 10.1 Å². The van der Waals surface area contributed by atoms with E-state index in [0.717, 1.165) is 0 Å². The van der Waals surface area contributed by atoms with Gasteiger partial charge in [-0.2, -0.15) is 0 Å². The van der Waals surface area contributed by atoms with Crippen LogP contribution in [0.5, 0.6) is 5.88 Å². The summed E-state index contributed by atoms with van der Waals surface area (Å²) in [6, 6.07) is 2.95. The van der Waals surface area contributed by atoms with Gasteiger partial charge in [0.05, 0.1) is 10.5 Å². The average Bonchev–Trinajstić information content (AvgIpc) is 2.55. The van der Waals surface area contributed by atoms with Crippen LogP contribution in [-0.2, 0) is 0 Å². The number of nitrogens with one attached hydrogen (secondary N) is 1. The van der Waals surface area contributed by atoms with Gasteiger partial charge in [0.2, 0.25) is 11.3 Å². The largest absolute Gasteiger partial charge is 0.493 e. The van der Waals surface area contributed by atoms with Crippen molar-refractivity contribution in [3.05, 3.63) is 33.6 Å². The van der Waals surface area contributed by atoms with E-state index in [1.807, 2.05) is 0 Å². The maximum absolute atomic E-state index is 11.5. The molecule has 1 aromatic carbocycles. The molecule has 0 unspecified atom stereocenters. The van der Waals surface area contributed by atoms with Crippen molar-refractivity contribution < 1.29 is 5.11 Å². The van der Waals surface area contributed by atoms with Crippen molar-refractivity contribution in [1.82, 2.24) is 9.97 Å². The monoisotopic (exact) mass is 220 g/mol. The summed E-state index contributed by atoms with van der Waals surface area (Å²) in [5.74, 6) is -0.136. The predicted octanol–water partition coefficient (Wildman–Crippen LogP) is 1.87. The number of aromatic amines is 1. The Morgan fingerprint density at radius 2 is 2.27 bits per heavy atom. The van der Waals surface area contributed by atoms with Gasteiger partial charge in [-0.3, -0.25) is 4.79 Å². The Kier molecular flexibility index (Phi) is 1.48. The third-order valence-corrected chi connectivity index (χ3v) is 2.72. The van der Waals surface area contributed by atoms with Gasteiger partial charge in [-0.25, -0.2) is 4.98 Å². The maximum atomic E-state index is 11.5. The van der Waals surface area contributed by atoms with E-state index in [9.17, 15) is 9.90 Å². The molecule has 5 heteroatoms. The highest BCUT2D eigenvalue weighted by molar-refractivity contribution is 6.36. The Morgan fingerprint density at radius 1 is 1.47 bits per heavy atom. The van der Waals surface area contributed by atoms with Crippen molar-refractivity contribution in [1.29, 1.82) is 0 Å². The third kappa shape index (κ3) is 0.966. The van der Waals surface area contributed by atoms with Crippen LogP contribution in [0.15, 0.2) is 23.1 Å². The summed E-state index contributed by atoms with van der Waals surface area (Å²) in [6.45, 7) is 0. The quantitative estimate of drug-likeness (QED) is 0.608. The number of aromatic nitrogens is 2. The SMILES string of the molecule is O=c1cc(Cl)c2[nH]ccc3c(O)nc1c32. The first-order chi connectivity index (χ1) is 7.18. The van der Waals surface area contributed by atoms with E-state index in [1.165, 1.54) is 6.07 Å². The van der Waals surface area contributed by atoms with E-state index < -0.39 is 0 Å². The number of H-pyrrole nitrogens is 1. The van der Waals surface area contributed by atoms with Crippen LogP contribution >= 0.6 is 11.6 Å². The summed E-state index contributed by atoms with van der Waals surface area (Å²) in [5, 5.41) is 11.0. The first-order valence-electron chi connectivity index (χ1n) is 4.30. The third-order valence-electron chi connectivity index (χ3n) is 2.42. The van der Waals surface area contributed by atoms with E-state index in [4.69, 9.17) is 11.6 Å². The molecule has 0 aliphatic rings. The van der Waals surface area contributed by atoms with Crippen molar-refractivity contribution in [2.45, 2.75) is 0 Å². The molecule has 0 amide bonds. The highest BCUT2D eigenvalue weighted by Crippen LogP contribution is 2.32. The van der Waals surface area contributed by atoms with Crippen LogP contribution in [0.25, 0.3) is 21.8 Å². The molecular formula is C10H5ClN2O2. The summed E-state index contributed by atoms with van der Waals surface area (Å²) in [6.07, 6.45) is 1.65. The molecule has 0 saturated carbocycles. The Bertz CT molecular complexity index is 720. The van der Waals surface area contributed by atoms with E-state index >= 15 is 0 Å². The lowest BCUT2D eigenvalue weighted by Crippen LogP contribution is -1.99. The number of benzene rings is 1. The minimum Gasteiger partial charge on any atom is -0.493 e. The lowest BCUT2D eigenvalue weighted by molar-refractivity contribution is 0.464. The van der Waals surface area contributed by atoms with Crippen molar-refractivity contribution in [3.8, 4) is 5.88 Å². The fourth-order valence-corrected chi connectivity index (χ4v) is 2.02. The molecule has 0 atom stereocenters. The van der Waals surface area contributed by atoms with Gasteiger partial charge in [-0.15, -0.1) is 0 Å². The second kappa shape index (κ2) is 2.61. The Hall–Kier alpha value is -1.81. The molecular weight excluding hydrogens is 216 g/mol. The summed E-state index contributed by atoms with van der Waals surface area (Å²) in [5.41, 5.74) is 0.590. The lowest BCUT2D eigenvalue weighted by Gasteiger charge is -1.98. The average molecular weight is 221 g/mol. The van der Waals surface area contributed by atoms with Crippen LogP contribution in [-0.4, -0.2) is 15.1 Å². The molecule has 3 rings (SSSR count). The molecule has 2 N–H and O–H groups in total. The number of nitrogens with zero attached hydrogens (tertiary/aromatic N) is 1. The van der Waals surface area contributed by atoms with Crippen molar-refractivity contribution in [3.63, 3.8) is 0 Å². The zero-order chi connectivity index (χ0) is 10.6. The number of hydrogen-bond acceptors (Lipinski definition) is 3. The smallest absolute Gasteiger partial charge is 0.219 e. The van der Waals surface area contributed by atoms with Crippen LogP contribution in [0.3, 0.4) is 0 Å². The second-order valence-corrected chi connectivity index (χ2v) is 3.69. The molecule has 2 heterocycles. The fourth-order valence-electron chi connectivity index (χ4n) is 1.78. The van der Waals surface area contributed by atoms with Crippen LogP contribution in [0.2, 0.25) is 5.02 Å². The highest BCUT2D eigenvalue weighted by atomic mass is 35.5. The van der Waals surface area contributed by atoms with Gasteiger partial charge >= 0.3 is 0 Å². The Balaban J connectivity index is 2.79. The molecule has 74 valence electrons. The van der Waals surface area contributed by atoms with Crippen molar-refractivity contribution in [2.24, 2.45) is 0 Å². The van der Waals surface area contributed by atoms with Crippen molar-refractivity contribution in [2.75, 3.05) is 0 Å². The Morgan fingerprint density at radius 3 is 3.07 bits per heavy atom. The molecule has 0 spiro atoms. The first kappa shape index (κ1) is 8.49. The summed E-state index contributed by atoms with van der Waals surface area (Å²) in [4.78, 5) is 18.3. The number of halogens is 1. The molecule has 0 fully saturated rings. The van der Waals surface area contributed by atoms with Gasteiger partial charge in [0, 0.05) is 23.0 Å². The number of aromatic hydroxyl groups is 1. The van der Waals surface area contributed by atoms with Crippen LogP contribution in [0.1, 0.15) is 0 Å². The minimum atomic E-state index is -0.280. The molecule has 3 aromatic rings. The van der Waals surface area contributed by atoms with Gasteiger partial charge in [0.15, 0.2) is 0 Å². The topological polar surface area (TPSA) is 66.0 Å². The second-order valence-electron chi connectivity index (χ2n) is 3.28. The predicted molar refractivity (Wildman–Crippen MR) is 57.7 cm³/mol. The van der Waals surface area contributed by atoms with Gasteiger partial charge in [-0.1, -0.05) is 11.6 Å². The molecule has 0 saturated heterocycles. The normalized spacial score (nSPS) is 11.5. The summed E-state index contributed by atoms with van der Waals surface area (Å²) < 4.78 is 0. The molecule has 4 nitrogen and oxygen atoms in total. The molecule has 2 aromatic heterocycles. The molecule has 0 radical (unpaired) electrons. The first-order valence-corrected chi connectivity index (χ1v) is 4.68. The standard InChI is InChI=1S/C10H5ClN2O2/c11-5-3-6(14)9-7-4(10(15)13-9)1-2-12-8(5)7/h1-3,12,15H. The zero-order valence-electron chi connectivity index (χ0n) is 7.41. The highest BCUT2D eigenvalue weighted by Gasteiger charge is 2.15. The van der Waals surface area contributed by atoms with Crippen molar-refractivity contribution >= 4 is 33.4 Å². The van der Waals surface area contributed by atoms with Crippen LogP contribution in [0, 0.1) is 0 Å². The van der Waals surface area contributed by atoms with Crippen LogP contribution < -0.4 is 5.43 Å². The van der Waals surface area contributed by atoms with E-state index in [1.54, 1.807) is 12.3 Å². The van der Waals surface area contributed by atoms with E-state index in [-0.39, 0.29) is 16.8 Å². The number of hydrogen-bond donors (Lipinski definition) is 2. The van der Waals surface area contributed by atoms with Crippen LogP contribution in [0.4, 0.5) is 0 Å². The zero-order valence-corrected chi connectivity index (χ0v) is 8.17. The molecule has 0 aliphatic heterocycles. The molecule has 0 bridgehead atoms. The number of pyridine rings is 1. The summed E-state index contributed by atoms with van der Waals surface area (Å²) in [7, 11) is 0. The van der Waals surface area contributed by atoms with Gasteiger partial charge in [0.1, 0.15) is 5.52 Å². The fraction of sp³-hybridized carbons (Fsp3) is 0. The van der Waals surface area contributed by atoms with Gasteiger partial charge in [-0.05, 0) is 6.07 Å². The maximum Gasteiger partial charge on any atom is 0.219 e.